The van der Waals surface area contributed by atoms with Gasteiger partial charge in [-0.05, 0) is 45.4 Å². The van der Waals surface area contributed by atoms with Crippen molar-refractivity contribution in [3.63, 3.8) is 0 Å². The SMILES string of the molecule is COc1ccc([C@H](C)NCC(=O)NC(C)(C)C)cc1. The maximum Gasteiger partial charge on any atom is 0.234 e. The van der Waals surface area contributed by atoms with Crippen LogP contribution in [-0.2, 0) is 4.79 Å². The molecule has 0 spiro atoms. The van der Waals surface area contributed by atoms with E-state index in [-0.39, 0.29) is 17.5 Å². The molecule has 4 nitrogen and oxygen atoms in total. The zero-order valence-electron chi connectivity index (χ0n) is 12.4. The summed E-state index contributed by atoms with van der Waals surface area (Å²) in [6, 6.07) is 7.96. The lowest BCUT2D eigenvalue weighted by molar-refractivity contribution is -0.121. The summed E-state index contributed by atoms with van der Waals surface area (Å²) in [6.45, 7) is 8.25. The molecule has 2 N–H and O–H groups in total. The Hall–Kier alpha value is -1.55. The molecule has 0 aliphatic rings. The summed E-state index contributed by atoms with van der Waals surface area (Å²) in [5.41, 5.74) is 0.937. The van der Waals surface area contributed by atoms with Gasteiger partial charge < -0.3 is 15.4 Å². The zero-order valence-corrected chi connectivity index (χ0v) is 12.4. The molecule has 19 heavy (non-hydrogen) atoms. The monoisotopic (exact) mass is 264 g/mol. The predicted octanol–water partition coefficient (Wildman–Crippen LogP) is 2.26. The van der Waals surface area contributed by atoms with Crippen LogP contribution >= 0.6 is 0 Å². The summed E-state index contributed by atoms with van der Waals surface area (Å²) in [6.07, 6.45) is 0. The number of benzene rings is 1. The Bertz CT molecular complexity index is 407. The van der Waals surface area contributed by atoms with Crippen LogP contribution in [0.2, 0.25) is 0 Å². The quantitative estimate of drug-likeness (QED) is 0.857. The first-order valence-electron chi connectivity index (χ1n) is 6.50. The first kappa shape index (κ1) is 15.5. The third kappa shape index (κ3) is 5.75. The molecular weight excluding hydrogens is 240 g/mol. The van der Waals surface area contributed by atoms with E-state index in [1.54, 1.807) is 7.11 Å². The summed E-state index contributed by atoms with van der Waals surface area (Å²) in [7, 11) is 1.65. The number of carbonyl (C=O) groups excluding carboxylic acids is 1. The van der Waals surface area contributed by atoms with Crippen molar-refractivity contribution >= 4 is 5.91 Å². The molecule has 1 aromatic carbocycles. The normalized spacial score (nSPS) is 12.9. The molecule has 106 valence electrons. The van der Waals surface area contributed by atoms with Gasteiger partial charge in [-0.1, -0.05) is 12.1 Å². The number of rotatable bonds is 5. The van der Waals surface area contributed by atoms with Crippen LogP contribution in [0, 0.1) is 0 Å². The van der Waals surface area contributed by atoms with E-state index in [1.807, 2.05) is 52.0 Å². The lowest BCUT2D eigenvalue weighted by Crippen LogP contribution is -2.45. The third-order valence-corrected chi connectivity index (χ3v) is 2.70. The minimum absolute atomic E-state index is 0.00728. The highest BCUT2D eigenvalue weighted by molar-refractivity contribution is 5.78. The van der Waals surface area contributed by atoms with Crippen molar-refractivity contribution in [1.29, 1.82) is 0 Å². The lowest BCUT2D eigenvalue weighted by atomic mass is 10.1. The number of ether oxygens (including phenoxy) is 1. The number of nitrogens with one attached hydrogen (secondary N) is 2. The molecule has 0 radical (unpaired) electrons. The van der Waals surface area contributed by atoms with Crippen molar-refractivity contribution in [3.8, 4) is 5.75 Å². The van der Waals surface area contributed by atoms with Crippen LogP contribution in [0.25, 0.3) is 0 Å². The van der Waals surface area contributed by atoms with Crippen molar-refractivity contribution in [2.24, 2.45) is 0 Å². The number of amides is 1. The molecule has 4 heteroatoms. The second-order valence-corrected chi connectivity index (χ2v) is 5.67. The maximum atomic E-state index is 11.7. The van der Waals surface area contributed by atoms with Gasteiger partial charge in [-0.25, -0.2) is 0 Å². The lowest BCUT2D eigenvalue weighted by Gasteiger charge is -2.21. The van der Waals surface area contributed by atoms with Crippen molar-refractivity contribution in [2.45, 2.75) is 39.3 Å². The molecule has 1 amide bonds. The summed E-state index contributed by atoms with van der Waals surface area (Å²) >= 11 is 0. The van der Waals surface area contributed by atoms with Crippen LogP contribution in [0.5, 0.6) is 5.75 Å². The molecule has 0 aliphatic carbocycles. The van der Waals surface area contributed by atoms with Crippen molar-refractivity contribution < 1.29 is 9.53 Å². The summed E-state index contributed by atoms with van der Waals surface area (Å²) in [5, 5.41) is 6.13. The predicted molar refractivity (Wildman–Crippen MR) is 77.3 cm³/mol. The van der Waals surface area contributed by atoms with Crippen molar-refractivity contribution in [1.82, 2.24) is 10.6 Å². The maximum absolute atomic E-state index is 11.7. The fraction of sp³-hybridized carbons (Fsp3) is 0.533. The minimum Gasteiger partial charge on any atom is -0.497 e. The van der Waals surface area contributed by atoms with Gasteiger partial charge in [0.25, 0.3) is 0 Å². The first-order chi connectivity index (χ1) is 8.81. The second kappa shape index (κ2) is 6.57. The Morgan fingerprint density at radius 1 is 1.26 bits per heavy atom. The van der Waals surface area contributed by atoms with Gasteiger partial charge in [-0.3, -0.25) is 4.79 Å². The zero-order chi connectivity index (χ0) is 14.5. The molecule has 0 bridgehead atoms. The highest BCUT2D eigenvalue weighted by Crippen LogP contribution is 2.16. The van der Waals surface area contributed by atoms with Crippen LogP contribution in [0.15, 0.2) is 24.3 Å². The number of carbonyl (C=O) groups is 1. The van der Waals surface area contributed by atoms with Crippen LogP contribution in [0.1, 0.15) is 39.3 Å². The largest absolute Gasteiger partial charge is 0.497 e. The highest BCUT2D eigenvalue weighted by Gasteiger charge is 2.14. The Balaban J connectivity index is 2.46. The molecule has 0 heterocycles. The first-order valence-corrected chi connectivity index (χ1v) is 6.50. The van der Waals surface area contributed by atoms with E-state index in [0.29, 0.717) is 6.54 Å². The molecule has 0 saturated heterocycles. The van der Waals surface area contributed by atoms with E-state index in [1.165, 1.54) is 0 Å². The van der Waals surface area contributed by atoms with Crippen molar-refractivity contribution in [2.75, 3.05) is 13.7 Å². The molecule has 0 aliphatic heterocycles. The Morgan fingerprint density at radius 2 is 1.84 bits per heavy atom. The third-order valence-electron chi connectivity index (χ3n) is 2.70. The molecule has 0 aromatic heterocycles. The van der Waals surface area contributed by atoms with E-state index < -0.39 is 0 Å². The van der Waals surface area contributed by atoms with Gasteiger partial charge in [0, 0.05) is 11.6 Å². The van der Waals surface area contributed by atoms with E-state index >= 15 is 0 Å². The highest BCUT2D eigenvalue weighted by atomic mass is 16.5. The average molecular weight is 264 g/mol. The molecule has 1 rings (SSSR count). The molecule has 0 unspecified atom stereocenters. The van der Waals surface area contributed by atoms with Gasteiger partial charge in [0.2, 0.25) is 5.91 Å². The summed E-state index contributed by atoms with van der Waals surface area (Å²) in [4.78, 5) is 11.7. The molecule has 0 saturated carbocycles. The molecular formula is C15H24N2O2. The number of hydrogen-bond acceptors (Lipinski definition) is 3. The smallest absolute Gasteiger partial charge is 0.234 e. The Morgan fingerprint density at radius 3 is 2.32 bits per heavy atom. The van der Waals surface area contributed by atoms with Crippen LogP contribution in [0.4, 0.5) is 0 Å². The summed E-state index contributed by atoms with van der Waals surface area (Å²) in [5.74, 6) is 0.842. The Kier molecular flexibility index (Phi) is 5.36. The van der Waals surface area contributed by atoms with Crippen LogP contribution in [-0.4, -0.2) is 25.1 Å². The summed E-state index contributed by atoms with van der Waals surface area (Å²) < 4.78 is 5.12. The fourth-order valence-electron chi connectivity index (χ4n) is 1.72. The fourth-order valence-corrected chi connectivity index (χ4v) is 1.72. The van der Waals surface area contributed by atoms with Crippen LogP contribution in [0.3, 0.4) is 0 Å². The van der Waals surface area contributed by atoms with E-state index in [9.17, 15) is 4.79 Å². The Labute approximate surface area is 115 Å². The standard InChI is InChI=1S/C15H24N2O2/c1-11(12-6-8-13(19-5)9-7-12)16-10-14(18)17-15(2,3)4/h6-9,11,16H,10H2,1-5H3,(H,17,18)/t11-/m0/s1. The average Bonchev–Trinajstić information content (AvgIpc) is 2.34. The molecule has 1 atom stereocenters. The van der Waals surface area contributed by atoms with Gasteiger partial charge in [0.05, 0.1) is 13.7 Å². The topological polar surface area (TPSA) is 50.4 Å². The minimum atomic E-state index is -0.192. The number of methoxy groups -OCH3 is 1. The van der Waals surface area contributed by atoms with Gasteiger partial charge >= 0.3 is 0 Å². The molecule has 0 fully saturated rings. The van der Waals surface area contributed by atoms with Crippen molar-refractivity contribution in [3.05, 3.63) is 29.8 Å². The van der Waals surface area contributed by atoms with E-state index in [2.05, 4.69) is 10.6 Å². The van der Waals surface area contributed by atoms with Gasteiger partial charge in [0.1, 0.15) is 5.75 Å². The van der Waals surface area contributed by atoms with Gasteiger partial charge in [-0.2, -0.15) is 0 Å². The van der Waals surface area contributed by atoms with Gasteiger partial charge in [0.15, 0.2) is 0 Å². The molecule has 1 aromatic rings. The second-order valence-electron chi connectivity index (χ2n) is 5.67. The number of hydrogen-bond donors (Lipinski definition) is 2. The van der Waals surface area contributed by atoms with Gasteiger partial charge in [-0.15, -0.1) is 0 Å². The van der Waals surface area contributed by atoms with E-state index in [4.69, 9.17) is 4.74 Å². The van der Waals surface area contributed by atoms with E-state index in [0.717, 1.165) is 11.3 Å². The van der Waals surface area contributed by atoms with Crippen LogP contribution < -0.4 is 15.4 Å².